The average molecular weight is 279 g/mol. The lowest BCUT2D eigenvalue weighted by atomic mass is 10.00. The topological polar surface area (TPSA) is 38.4 Å². The van der Waals surface area contributed by atoms with Crippen molar-refractivity contribution < 1.29 is 0 Å². The van der Waals surface area contributed by atoms with Gasteiger partial charge in [-0.25, -0.2) is 0 Å². The Morgan fingerprint density at radius 3 is 2.75 bits per heavy atom. The Balaban J connectivity index is 3.29. The van der Waals surface area contributed by atoms with Gasteiger partial charge >= 0.3 is 0 Å². The number of nitrogen functional groups attached to an aromatic ring is 1. The Labute approximate surface area is 105 Å². The lowest BCUT2D eigenvalue weighted by Crippen LogP contribution is -1.92. The van der Waals surface area contributed by atoms with Gasteiger partial charge in [0.15, 0.2) is 0 Å². The molecule has 16 heavy (non-hydrogen) atoms. The van der Waals surface area contributed by atoms with Crippen molar-refractivity contribution in [1.82, 2.24) is 0 Å². The lowest BCUT2D eigenvalue weighted by molar-refractivity contribution is 1.43. The van der Waals surface area contributed by atoms with Crippen LogP contribution in [0.1, 0.15) is 11.1 Å². The van der Waals surface area contributed by atoms with Gasteiger partial charge in [-0.15, -0.1) is 0 Å². The minimum atomic E-state index is 0.748. The molecule has 0 unspecified atom stereocenters. The normalized spacial score (nSPS) is 12.7. The molecule has 0 bridgehead atoms. The number of aliphatic imine (C=N–C) groups is 1. The summed E-state index contributed by atoms with van der Waals surface area (Å²) in [5.74, 6) is 0. The minimum absolute atomic E-state index is 0.748. The zero-order valence-corrected chi connectivity index (χ0v) is 11.1. The highest BCUT2D eigenvalue weighted by atomic mass is 79.9. The predicted molar refractivity (Wildman–Crippen MR) is 76.1 cm³/mol. The van der Waals surface area contributed by atoms with Gasteiger partial charge in [-0.1, -0.05) is 18.7 Å². The van der Waals surface area contributed by atoms with Gasteiger partial charge in [0.2, 0.25) is 0 Å². The summed E-state index contributed by atoms with van der Waals surface area (Å²) < 4.78 is 0.782. The maximum atomic E-state index is 5.78. The van der Waals surface area contributed by atoms with Crippen LogP contribution >= 0.6 is 15.9 Å². The van der Waals surface area contributed by atoms with Crippen molar-refractivity contribution in [3.05, 3.63) is 48.1 Å². The van der Waals surface area contributed by atoms with Gasteiger partial charge in [-0.05, 0) is 57.8 Å². The van der Waals surface area contributed by atoms with Crippen molar-refractivity contribution in [2.75, 3.05) is 12.8 Å². The van der Waals surface area contributed by atoms with E-state index in [9.17, 15) is 0 Å². The molecule has 0 saturated carbocycles. The lowest BCUT2D eigenvalue weighted by Gasteiger charge is -2.07. The van der Waals surface area contributed by atoms with Gasteiger partial charge in [0.25, 0.3) is 0 Å². The molecule has 2 nitrogen and oxygen atoms in total. The Bertz CT molecular complexity index is 459. The third kappa shape index (κ3) is 3.07. The SMILES string of the molecule is C=C/C(=C\C(Br)=NC)c1cc(N)ccc1C. The minimum Gasteiger partial charge on any atom is -0.399 e. The number of rotatable bonds is 3. The van der Waals surface area contributed by atoms with Crippen LogP contribution in [0.3, 0.4) is 0 Å². The van der Waals surface area contributed by atoms with E-state index in [1.165, 1.54) is 0 Å². The molecule has 0 aliphatic carbocycles. The van der Waals surface area contributed by atoms with E-state index < -0.39 is 0 Å². The first-order valence-electron chi connectivity index (χ1n) is 4.91. The van der Waals surface area contributed by atoms with E-state index in [-0.39, 0.29) is 0 Å². The molecule has 0 spiro atoms. The van der Waals surface area contributed by atoms with Crippen LogP contribution in [0.15, 0.2) is 41.9 Å². The van der Waals surface area contributed by atoms with E-state index in [0.717, 1.165) is 27.0 Å². The van der Waals surface area contributed by atoms with Gasteiger partial charge in [0, 0.05) is 12.7 Å². The molecule has 0 heterocycles. The van der Waals surface area contributed by atoms with Crippen LogP contribution in [0.4, 0.5) is 5.69 Å². The van der Waals surface area contributed by atoms with Crippen LogP contribution < -0.4 is 5.73 Å². The molecular formula is C13H15BrN2. The molecule has 0 radical (unpaired) electrons. The van der Waals surface area contributed by atoms with Crippen molar-refractivity contribution in [2.24, 2.45) is 4.99 Å². The Hall–Kier alpha value is -1.35. The zero-order valence-electron chi connectivity index (χ0n) is 9.50. The number of nitrogens with zero attached hydrogens (tertiary/aromatic N) is 1. The standard InChI is InChI=1S/C13H15BrN2/c1-4-10(7-13(14)16-3)12-8-11(15)6-5-9(12)2/h4-8H,1,15H2,2-3H3/b10-7+,16-13?. The second-order valence-electron chi connectivity index (χ2n) is 3.42. The van der Waals surface area contributed by atoms with Crippen molar-refractivity contribution in [1.29, 1.82) is 0 Å². The highest BCUT2D eigenvalue weighted by Gasteiger charge is 2.03. The van der Waals surface area contributed by atoms with Gasteiger partial charge in [-0.2, -0.15) is 0 Å². The molecule has 84 valence electrons. The fraction of sp³-hybridized carbons (Fsp3) is 0.154. The van der Waals surface area contributed by atoms with Gasteiger partial charge in [-0.3, -0.25) is 4.99 Å². The van der Waals surface area contributed by atoms with Crippen molar-refractivity contribution in [3.8, 4) is 0 Å². The maximum Gasteiger partial charge on any atom is 0.100 e. The summed E-state index contributed by atoms with van der Waals surface area (Å²) in [6, 6.07) is 5.83. The van der Waals surface area contributed by atoms with Crippen molar-refractivity contribution >= 4 is 31.8 Å². The van der Waals surface area contributed by atoms with Crippen LogP contribution in [0.2, 0.25) is 0 Å². The molecule has 0 saturated heterocycles. The smallest absolute Gasteiger partial charge is 0.100 e. The molecule has 0 aliphatic rings. The number of hydrogen-bond acceptors (Lipinski definition) is 2. The fourth-order valence-corrected chi connectivity index (χ4v) is 1.64. The molecule has 0 fully saturated rings. The summed E-state index contributed by atoms with van der Waals surface area (Å²) in [4.78, 5) is 4.03. The highest BCUT2D eigenvalue weighted by Crippen LogP contribution is 2.23. The summed E-state index contributed by atoms with van der Waals surface area (Å²) in [5.41, 5.74) is 9.77. The fourth-order valence-electron chi connectivity index (χ4n) is 1.39. The van der Waals surface area contributed by atoms with E-state index >= 15 is 0 Å². The molecule has 0 amide bonds. The summed E-state index contributed by atoms with van der Waals surface area (Å²) in [6.45, 7) is 5.86. The van der Waals surface area contributed by atoms with Crippen LogP contribution in [0, 0.1) is 6.92 Å². The molecular weight excluding hydrogens is 264 g/mol. The van der Waals surface area contributed by atoms with Crippen LogP contribution in [-0.4, -0.2) is 11.7 Å². The van der Waals surface area contributed by atoms with Gasteiger partial charge in [0.1, 0.15) is 4.62 Å². The number of allylic oxidation sites excluding steroid dienone is 3. The van der Waals surface area contributed by atoms with Gasteiger partial charge in [0.05, 0.1) is 0 Å². The average Bonchev–Trinajstić information content (AvgIpc) is 2.29. The molecule has 0 atom stereocenters. The third-order valence-corrected chi connectivity index (χ3v) is 2.86. The Morgan fingerprint density at radius 2 is 2.19 bits per heavy atom. The summed E-state index contributed by atoms with van der Waals surface area (Å²) in [7, 11) is 1.73. The second-order valence-corrected chi connectivity index (χ2v) is 4.24. The first-order chi connectivity index (χ1) is 7.58. The monoisotopic (exact) mass is 278 g/mol. The molecule has 0 aromatic heterocycles. The van der Waals surface area contributed by atoms with Crippen molar-refractivity contribution in [2.45, 2.75) is 6.92 Å². The number of hydrogen-bond donors (Lipinski definition) is 1. The maximum absolute atomic E-state index is 5.78. The second kappa shape index (κ2) is 5.66. The first-order valence-corrected chi connectivity index (χ1v) is 5.70. The largest absolute Gasteiger partial charge is 0.399 e. The summed E-state index contributed by atoms with van der Waals surface area (Å²) in [5, 5.41) is 0. The molecule has 1 aromatic carbocycles. The molecule has 3 heteroatoms. The molecule has 2 N–H and O–H groups in total. The number of benzene rings is 1. The first kappa shape index (κ1) is 12.7. The summed E-state index contributed by atoms with van der Waals surface area (Å²) >= 11 is 3.35. The van der Waals surface area contributed by atoms with E-state index in [4.69, 9.17) is 5.73 Å². The predicted octanol–water partition coefficient (Wildman–Crippen LogP) is 3.57. The number of aryl methyl sites for hydroxylation is 1. The molecule has 0 aliphatic heterocycles. The third-order valence-electron chi connectivity index (χ3n) is 2.28. The number of nitrogens with two attached hydrogens (primary N) is 1. The molecule has 1 rings (SSSR count). The number of anilines is 1. The van der Waals surface area contributed by atoms with Crippen LogP contribution in [0.5, 0.6) is 0 Å². The van der Waals surface area contributed by atoms with Crippen LogP contribution in [-0.2, 0) is 0 Å². The Kier molecular flexibility index (Phi) is 4.50. The van der Waals surface area contributed by atoms with Gasteiger partial charge < -0.3 is 5.73 Å². The Morgan fingerprint density at radius 1 is 1.50 bits per heavy atom. The quantitative estimate of drug-likeness (QED) is 0.512. The van der Waals surface area contributed by atoms with E-state index in [1.807, 2.05) is 31.2 Å². The zero-order chi connectivity index (χ0) is 12.1. The number of halogens is 1. The van der Waals surface area contributed by atoms with E-state index in [0.29, 0.717) is 0 Å². The van der Waals surface area contributed by atoms with Crippen LogP contribution in [0.25, 0.3) is 5.57 Å². The highest BCUT2D eigenvalue weighted by molar-refractivity contribution is 9.18. The summed E-state index contributed by atoms with van der Waals surface area (Å²) in [6.07, 6.45) is 3.73. The van der Waals surface area contributed by atoms with E-state index in [2.05, 4.69) is 27.5 Å². The molecule has 1 aromatic rings. The van der Waals surface area contributed by atoms with E-state index in [1.54, 1.807) is 13.1 Å². The van der Waals surface area contributed by atoms with Crippen molar-refractivity contribution in [3.63, 3.8) is 0 Å².